The number of carbonyl (C=O) groups excluding carboxylic acids is 1. The maximum Gasteiger partial charge on any atom is 0.341 e. The van der Waals surface area contributed by atoms with Gasteiger partial charge >= 0.3 is 11.9 Å². The van der Waals surface area contributed by atoms with Crippen molar-refractivity contribution in [2.24, 2.45) is 0 Å². The van der Waals surface area contributed by atoms with Crippen molar-refractivity contribution in [2.45, 2.75) is 12.5 Å². The zero-order valence-corrected chi connectivity index (χ0v) is 13.3. The fourth-order valence-corrected chi connectivity index (χ4v) is 2.65. The third kappa shape index (κ3) is 3.14. The summed E-state index contributed by atoms with van der Waals surface area (Å²) in [5.74, 6) is -1.78. The molecule has 0 aliphatic carbocycles. The molecule has 3 rings (SSSR count). The fourth-order valence-electron chi connectivity index (χ4n) is 2.65. The highest BCUT2D eigenvalue weighted by molar-refractivity contribution is 5.96. The Balaban J connectivity index is 2.12. The van der Waals surface area contributed by atoms with Crippen molar-refractivity contribution < 1.29 is 19.4 Å². The molecule has 2 aliphatic heterocycles. The predicted octanol–water partition coefficient (Wildman–Crippen LogP) is 1.33. The molecule has 0 fully saturated rings. The number of methoxy groups -OCH3 is 1. The van der Waals surface area contributed by atoms with E-state index in [1.54, 1.807) is 0 Å². The maximum absolute atomic E-state index is 12.0. The number of fused-ring (bicyclic) bond motifs is 1. The van der Waals surface area contributed by atoms with Gasteiger partial charge in [-0.1, -0.05) is 30.3 Å². The summed E-state index contributed by atoms with van der Waals surface area (Å²) in [4.78, 5) is 35.7. The van der Waals surface area contributed by atoms with Crippen LogP contribution in [0.15, 0.2) is 47.5 Å². The maximum atomic E-state index is 12.0. The molecule has 0 bridgehead atoms. The van der Waals surface area contributed by atoms with Crippen LogP contribution >= 0.6 is 0 Å². The number of hydrogen-bond donors (Lipinski definition) is 2. The van der Waals surface area contributed by atoms with E-state index in [1.165, 1.54) is 24.1 Å². The molecule has 2 aliphatic rings. The van der Waals surface area contributed by atoms with E-state index in [1.807, 2.05) is 30.3 Å². The number of H-pyrrole nitrogens is 1. The van der Waals surface area contributed by atoms with Gasteiger partial charge in [-0.25, -0.2) is 14.7 Å². The quantitative estimate of drug-likeness (QED) is 0.677. The molecule has 0 saturated carbocycles. The average molecular weight is 341 g/mol. The van der Waals surface area contributed by atoms with Gasteiger partial charge in [-0.3, -0.25) is 4.79 Å². The Morgan fingerprint density at radius 1 is 1.28 bits per heavy atom. The molecule has 25 heavy (non-hydrogen) atoms. The third-order valence-electron chi connectivity index (χ3n) is 3.90. The van der Waals surface area contributed by atoms with Gasteiger partial charge in [-0.15, -0.1) is 0 Å². The van der Waals surface area contributed by atoms with Crippen molar-refractivity contribution in [1.29, 1.82) is 0 Å². The molecular formula is C17H15N3O5. The molecule has 128 valence electrons. The number of aliphatic carboxylic acids is 1. The second kappa shape index (κ2) is 6.60. The molecule has 0 aromatic heterocycles. The largest absolute Gasteiger partial charge is 0.480 e. The Bertz CT molecular complexity index is 945. The van der Waals surface area contributed by atoms with Crippen molar-refractivity contribution in [3.63, 3.8) is 0 Å². The summed E-state index contributed by atoms with van der Waals surface area (Å²) in [7, 11) is 1.20. The number of nitrogens with one attached hydrogen (secondary N) is 1. The van der Waals surface area contributed by atoms with Gasteiger partial charge in [0.2, 0.25) is 0 Å². The van der Waals surface area contributed by atoms with Crippen LogP contribution in [0.5, 0.6) is 0 Å². The number of carbonyl (C=O) groups is 2. The van der Waals surface area contributed by atoms with Crippen molar-refractivity contribution in [3.8, 4) is 11.3 Å². The SMILES string of the molecule is COC(=O)c1cn(C(Cc2ccccc2)C(=O)O)cc2c(=O)[nH]nc1-2. The monoisotopic (exact) mass is 341 g/mol. The van der Waals surface area contributed by atoms with Gasteiger partial charge in [0.05, 0.1) is 12.7 Å². The minimum atomic E-state index is -1.08. The first kappa shape index (κ1) is 16.4. The van der Waals surface area contributed by atoms with Gasteiger partial charge in [-0.2, -0.15) is 5.10 Å². The number of aromatic amines is 1. The summed E-state index contributed by atoms with van der Waals surface area (Å²) in [5, 5.41) is 15.7. The van der Waals surface area contributed by atoms with E-state index in [4.69, 9.17) is 4.74 Å². The topological polar surface area (TPSA) is 114 Å². The molecule has 1 aromatic rings. The molecule has 1 atom stereocenters. The zero-order valence-electron chi connectivity index (χ0n) is 13.3. The Morgan fingerprint density at radius 3 is 2.64 bits per heavy atom. The highest BCUT2D eigenvalue weighted by atomic mass is 16.5. The Morgan fingerprint density at radius 2 is 2.00 bits per heavy atom. The van der Waals surface area contributed by atoms with Crippen molar-refractivity contribution in [2.75, 3.05) is 7.11 Å². The van der Waals surface area contributed by atoms with Gasteiger partial charge in [0, 0.05) is 18.8 Å². The second-order valence-corrected chi connectivity index (χ2v) is 5.47. The smallest absolute Gasteiger partial charge is 0.341 e. The number of carboxylic acid groups (broad SMARTS) is 1. The highest BCUT2D eigenvalue weighted by Crippen LogP contribution is 2.24. The molecule has 0 radical (unpaired) electrons. The molecule has 8 nitrogen and oxygen atoms in total. The van der Waals surface area contributed by atoms with Gasteiger partial charge in [-0.05, 0) is 5.56 Å². The summed E-state index contributed by atoms with van der Waals surface area (Å²) in [6, 6.07) is 8.09. The van der Waals surface area contributed by atoms with Crippen molar-refractivity contribution in [3.05, 3.63) is 64.2 Å². The Hall–Kier alpha value is -3.42. The van der Waals surface area contributed by atoms with Crippen LogP contribution in [0.1, 0.15) is 22.0 Å². The van der Waals surface area contributed by atoms with Crippen molar-refractivity contribution >= 4 is 11.9 Å². The lowest BCUT2D eigenvalue weighted by Gasteiger charge is -2.19. The minimum Gasteiger partial charge on any atom is -0.480 e. The third-order valence-corrected chi connectivity index (χ3v) is 3.90. The van der Waals surface area contributed by atoms with E-state index < -0.39 is 23.5 Å². The van der Waals surface area contributed by atoms with Crippen molar-refractivity contribution in [1.82, 2.24) is 14.8 Å². The molecule has 1 unspecified atom stereocenters. The summed E-state index contributed by atoms with van der Waals surface area (Å²) in [5.41, 5.74) is 0.617. The normalized spacial score (nSPS) is 12.0. The number of benzene rings is 1. The van der Waals surface area contributed by atoms with Gasteiger partial charge in [0.15, 0.2) is 0 Å². The lowest BCUT2D eigenvalue weighted by Crippen LogP contribution is -2.23. The Kier molecular flexibility index (Phi) is 4.34. The van der Waals surface area contributed by atoms with Crippen LogP contribution in [0.25, 0.3) is 11.3 Å². The Labute approximate surface area is 142 Å². The molecule has 0 amide bonds. The lowest BCUT2D eigenvalue weighted by molar-refractivity contribution is -0.140. The van der Waals surface area contributed by atoms with Gasteiger partial charge < -0.3 is 14.4 Å². The number of pyridine rings is 1. The molecule has 1 aromatic carbocycles. The second-order valence-electron chi connectivity index (χ2n) is 5.47. The lowest BCUT2D eigenvalue weighted by atomic mass is 10.0. The molecule has 0 spiro atoms. The molecule has 2 N–H and O–H groups in total. The number of carboxylic acids is 1. The molecule has 8 heteroatoms. The first-order valence-corrected chi connectivity index (χ1v) is 7.46. The summed E-state index contributed by atoms with van der Waals surface area (Å²) < 4.78 is 6.05. The number of esters is 1. The van der Waals surface area contributed by atoms with Crippen LogP contribution < -0.4 is 5.56 Å². The molecule has 2 heterocycles. The van der Waals surface area contributed by atoms with E-state index >= 15 is 0 Å². The van der Waals surface area contributed by atoms with Gasteiger partial charge in [0.25, 0.3) is 5.56 Å². The van der Waals surface area contributed by atoms with Crippen LogP contribution in [0.3, 0.4) is 0 Å². The number of aromatic nitrogens is 3. The number of ether oxygens (including phenoxy) is 1. The van der Waals surface area contributed by atoms with Crippen LogP contribution in [-0.4, -0.2) is 38.9 Å². The minimum absolute atomic E-state index is 0.0256. The van der Waals surface area contributed by atoms with Crippen LogP contribution in [0.2, 0.25) is 0 Å². The van der Waals surface area contributed by atoms with Crippen LogP contribution in [-0.2, 0) is 16.0 Å². The predicted molar refractivity (Wildman–Crippen MR) is 87.6 cm³/mol. The fraction of sp³-hybridized carbons (Fsp3) is 0.176. The van der Waals surface area contributed by atoms with E-state index in [-0.39, 0.29) is 23.2 Å². The zero-order chi connectivity index (χ0) is 18.0. The standard InChI is InChI=1S/C17H15N3O5/c1-25-17(24)12-9-20(8-11-14(12)18-19-15(11)21)13(16(22)23)7-10-5-3-2-4-6-10/h2-6,8-9,13H,7H2,1H3,(H,19,21)(H,22,23). The summed E-state index contributed by atoms with van der Waals surface area (Å²) in [6.45, 7) is 0. The van der Waals surface area contributed by atoms with Crippen LogP contribution in [0.4, 0.5) is 0 Å². The molecule has 0 saturated heterocycles. The summed E-state index contributed by atoms with van der Waals surface area (Å²) in [6.07, 6.45) is 2.92. The number of nitrogens with zero attached hydrogens (tertiary/aromatic N) is 2. The average Bonchev–Trinajstić information content (AvgIpc) is 3.00. The number of rotatable bonds is 5. The van der Waals surface area contributed by atoms with E-state index in [0.717, 1.165) is 5.56 Å². The first-order chi connectivity index (χ1) is 12.0. The molecular weight excluding hydrogens is 326 g/mol. The highest BCUT2D eigenvalue weighted by Gasteiger charge is 2.26. The number of hydrogen-bond acceptors (Lipinski definition) is 5. The van der Waals surface area contributed by atoms with E-state index in [9.17, 15) is 19.5 Å². The van der Waals surface area contributed by atoms with E-state index in [2.05, 4.69) is 10.2 Å². The van der Waals surface area contributed by atoms with Crippen LogP contribution in [0, 0.1) is 0 Å². The van der Waals surface area contributed by atoms with Gasteiger partial charge in [0.1, 0.15) is 17.3 Å². The van der Waals surface area contributed by atoms with E-state index in [0.29, 0.717) is 0 Å². The summed E-state index contributed by atoms with van der Waals surface area (Å²) >= 11 is 0. The first-order valence-electron chi connectivity index (χ1n) is 7.46.